The van der Waals surface area contributed by atoms with Crippen molar-refractivity contribution in [3.63, 3.8) is 0 Å². The molecule has 0 saturated heterocycles. The van der Waals surface area contributed by atoms with E-state index < -0.39 is 0 Å². The third kappa shape index (κ3) is 2.93. The van der Waals surface area contributed by atoms with E-state index in [1.807, 2.05) is 0 Å². The predicted octanol–water partition coefficient (Wildman–Crippen LogP) is -0.0928. The van der Waals surface area contributed by atoms with Crippen LogP contribution in [0.25, 0.3) is 0 Å². The summed E-state index contributed by atoms with van der Waals surface area (Å²) in [5.41, 5.74) is 15.9. The fourth-order valence-electron chi connectivity index (χ4n) is 1.43. The molecule has 5 nitrogen and oxygen atoms in total. The second-order valence-electron chi connectivity index (χ2n) is 3.48. The highest BCUT2D eigenvalue weighted by Gasteiger charge is 2.41. The van der Waals surface area contributed by atoms with Crippen molar-refractivity contribution in [2.75, 3.05) is 0 Å². The number of rotatable bonds is 3. The average molecular weight is 183 g/mol. The van der Waals surface area contributed by atoms with E-state index in [0.29, 0.717) is 0 Å². The molecule has 0 aromatic carbocycles. The lowest BCUT2D eigenvalue weighted by Crippen LogP contribution is -2.27. The minimum Gasteiger partial charge on any atom is -0.370 e. The van der Waals surface area contributed by atoms with Gasteiger partial charge in [0, 0.05) is 0 Å². The second kappa shape index (κ2) is 3.64. The molecule has 0 bridgehead atoms. The van der Waals surface area contributed by atoms with E-state index in [0.717, 1.165) is 25.7 Å². The molecule has 0 unspecified atom stereocenters. The fraction of sp³-hybridized carbons (Fsp3) is 0.750. The molecule has 13 heavy (non-hydrogen) atoms. The smallest absolute Gasteiger partial charge is 0.219 e. The van der Waals surface area contributed by atoms with Crippen molar-refractivity contribution >= 4 is 11.9 Å². The van der Waals surface area contributed by atoms with Crippen molar-refractivity contribution in [3.05, 3.63) is 0 Å². The molecule has 0 aliphatic heterocycles. The Kier molecular flexibility index (Phi) is 2.75. The summed E-state index contributed by atoms with van der Waals surface area (Å²) >= 11 is 0. The van der Waals surface area contributed by atoms with Crippen molar-refractivity contribution in [1.29, 1.82) is 0 Å². The van der Waals surface area contributed by atoms with Gasteiger partial charge in [-0.1, -0.05) is 13.3 Å². The molecule has 0 atom stereocenters. The Hall–Kier alpha value is -1.26. The Bertz CT molecular complexity index is 235. The molecule has 74 valence electrons. The van der Waals surface area contributed by atoms with E-state index in [-0.39, 0.29) is 17.5 Å². The first kappa shape index (κ1) is 9.83. The van der Waals surface area contributed by atoms with Crippen LogP contribution in [0.3, 0.4) is 0 Å². The van der Waals surface area contributed by atoms with Crippen LogP contribution in [0.1, 0.15) is 32.6 Å². The van der Waals surface area contributed by atoms with Gasteiger partial charge in [-0.25, -0.2) is 4.99 Å². The molecule has 0 radical (unpaired) electrons. The Balaban J connectivity index is 2.59. The molecule has 0 heterocycles. The number of aliphatic imine (C=N–C) groups is 2. The molecule has 1 fully saturated rings. The van der Waals surface area contributed by atoms with Gasteiger partial charge in [0.25, 0.3) is 0 Å². The molecule has 1 aliphatic carbocycles. The summed E-state index contributed by atoms with van der Waals surface area (Å²) in [5.74, 6) is 0.166. The Morgan fingerprint density at radius 2 is 1.92 bits per heavy atom. The van der Waals surface area contributed by atoms with Crippen molar-refractivity contribution in [2.24, 2.45) is 27.2 Å². The number of hydrogen-bond donors (Lipinski definition) is 3. The van der Waals surface area contributed by atoms with Gasteiger partial charge < -0.3 is 17.2 Å². The minimum absolute atomic E-state index is 0.0338. The van der Waals surface area contributed by atoms with Crippen molar-refractivity contribution in [2.45, 2.75) is 38.1 Å². The molecule has 1 saturated carbocycles. The molecule has 0 spiro atoms. The summed E-state index contributed by atoms with van der Waals surface area (Å²) in [5, 5.41) is 0. The maximum atomic E-state index is 5.53. The summed E-state index contributed by atoms with van der Waals surface area (Å²) in [6.07, 6.45) is 4.37. The maximum Gasteiger partial charge on any atom is 0.219 e. The molecule has 1 rings (SSSR count). The van der Waals surface area contributed by atoms with Crippen molar-refractivity contribution in [3.8, 4) is 0 Å². The fourth-order valence-corrected chi connectivity index (χ4v) is 1.43. The second-order valence-corrected chi connectivity index (χ2v) is 3.48. The van der Waals surface area contributed by atoms with Crippen LogP contribution < -0.4 is 17.2 Å². The first-order chi connectivity index (χ1) is 6.08. The SMILES string of the molecule is CCCC1(N=C(N)N=C(N)N)CC1. The van der Waals surface area contributed by atoms with E-state index in [2.05, 4.69) is 16.9 Å². The maximum absolute atomic E-state index is 5.53. The highest BCUT2D eigenvalue weighted by Crippen LogP contribution is 2.43. The van der Waals surface area contributed by atoms with Gasteiger partial charge in [0.15, 0.2) is 5.96 Å². The average Bonchev–Trinajstić information content (AvgIpc) is 2.67. The zero-order valence-corrected chi connectivity index (χ0v) is 7.95. The van der Waals surface area contributed by atoms with Crippen LogP contribution in [0.15, 0.2) is 9.98 Å². The molecule has 0 amide bonds. The number of nitrogens with two attached hydrogens (primary N) is 3. The van der Waals surface area contributed by atoms with E-state index in [4.69, 9.17) is 17.2 Å². The van der Waals surface area contributed by atoms with E-state index >= 15 is 0 Å². The zero-order valence-electron chi connectivity index (χ0n) is 7.95. The third-order valence-corrected chi connectivity index (χ3v) is 2.14. The van der Waals surface area contributed by atoms with E-state index in [9.17, 15) is 0 Å². The van der Waals surface area contributed by atoms with Crippen molar-refractivity contribution in [1.82, 2.24) is 0 Å². The third-order valence-electron chi connectivity index (χ3n) is 2.14. The quantitative estimate of drug-likeness (QED) is 0.420. The summed E-state index contributed by atoms with van der Waals surface area (Å²) in [4.78, 5) is 7.98. The van der Waals surface area contributed by atoms with E-state index in [1.165, 1.54) is 0 Å². The van der Waals surface area contributed by atoms with Gasteiger partial charge in [0.1, 0.15) is 0 Å². The number of nitrogens with zero attached hydrogens (tertiary/aromatic N) is 2. The van der Waals surface area contributed by atoms with Crippen molar-refractivity contribution < 1.29 is 0 Å². The van der Waals surface area contributed by atoms with Gasteiger partial charge in [-0.15, -0.1) is 0 Å². The molecule has 5 heteroatoms. The Morgan fingerprint density at radius 1 is 1.31 bits per heavy atom. The van der Waals surface area contributed by atoms with Crippen LogP contribution >= 0.6 is 0 Å². The summed E-state index contributed by atoms with van der Waals surface area (Å²) < 4.78 is 0. The van der Waals surface area contributed by atoms with Gasteiger partial charge >= 0.3 is 0 Å². The summed E-state index contributed by atoms with van der Waals surface area (Å²) in [6, 6.07) is 0. The van der Waals surface area contributed by atoms with Crippen LogP contribution in [0.5, 0.6) is 0 Å². The largest absolute Gasteiger partial charge is 0.370 e. The Labute approximate surface area is 78.1 Å². The monoisotopic (exact) mass is 183 g/mol. The number of guanidine groups is 2. The molecular formula is C8H17N5. The molecule has 0 aromatic rings. The Morgan fingerprint density at radius 3 is 2.31 bits per heavy atom. The van der Waals surface area contributed by atoms with Crippen LogP contribution in [0.4, 0.5) is 0 Å². The minimum atomic E-state index is -0.0338. The van der Waals surface area contributed by atoms with Crippen LogP contribution in [0.2, 0.25) is 0 Å². The predicted molar refractivity (Wildman–Crippen MR) is 54.3 cm³/mol. The molecule has 0 aromatic heterocycles. The van der Waals surface area contributed by atoms with Gasteiger partial charge in [0.2, 0.25) is 5.96 Å². The topological polar surface area (TPSA) is 103 Å². The van der Waals surface area contributed by atoms with Gasteiger partial charge in [0.05, 0.1) is 5.54 Å². The van der Waals surface area contributed by atoms with Gasteiger partial charge in [-0.2, -0.15) is 4.99 Å². The number of hydrogen-bond acceptors (Lipinski definition) is 1. The van der Waals surface area contributed by atoms with Crippen LogP contribution in [-0.2, 0) is 0 Å². The zero-order chi connectivity index (χ0) is 9.90. The molecule has 1 aliphatic rings. The first-order valence-electron chi connectivity index (χ1n) is 4.53. The van der Waals surface area contributed by atoms with E-state index in [1.54, 1.807) is 0 Å². The summed E-state index contributed by atoms with van der Waals surface area (Å²) in [7, 11) is 0. The van der Waals surface area contributed by atoms with Crippen LogP contribution in [0, 0.1) is 0 Å². The molecular weight excluding hydrogens is 166 g/mol. The lowest BCUT2D eigenvalue weighted by atomic mass is 10.1. The van der Waals surface area contributed by atoms with Gasteiger partial charge in [-0.05, 0) is 19.3 Å². The molecule has 6 N–H and O–H groups in total. The van der Waals surface area contributed by atoms with Gasteiger partial charge in [-0.3, -0.25) is 0 Å². The highest BCUT2D eigenvalue weighted by atomic mass is 15.1. The summed E-state index contributed by atoms with van der Waals surface area (Å²) in [6.45, 7) is 2.13. The standard InChI is InChI=1S/C8H17N5/c1-2-3-8(4-5-8)13-7(11)12-6(9)10/h2-5H2,1H3,(H6,9,10,11,12,13). The lowest BCUT2D eigenvalue weighted by Gasteiger charge is -2.07. The normalized spacial score (nSPS) is 19.6. The lowest BCUT2D eigenvalue weighted by molar-refractivity contribution is 0.599. The van der Waals surface area contributed by atoms with Crippen LogP contribution in [-0.4, -0.2) is 17.5 Å². The first-order valence-corrected chi connectivity index (χ1v) is 4.53. The highest BCUT2D eigenvalue weighted by molar-refractivity contribution is 5.92.